The number of nitrogens with one attached hydrogen (secondary N) is 2. The van der Waals surface area contributed by atoms with Crippen LogP contribution >= 0.6 is 0 Å². The minimum absolute atomic E-state index is 0.0323. The highest BCUT2D eigenvalue weighted by Crippen LogP contribution is 2.25. The van der Waals surface area contributed by atoms with Crippen molar-refractivity contribution in [3.8, 4) is 11.5 Å². The van der Waals surface area contributed by atoms with Crippen molar-refractivity contribution in [3.05, 3.63) is 64.6 Å². The van der Waals surface area contributed by atoms with Crippen LogP contribution in [0.25, 0.3) is 10.8 Å². The average Bonchev–Trinajstić information content (AvgIpc) is 2.76. The first kappa shape index (κ1) is 20.8. The summed E-state index contributed by atoms with van der Waals surface area (Å²) in [6.07, 6.45) is 0. The Morgan fingerprint density at radius 1 is 1.00 bits per heavy atom. The molecule has 0 aliphatic carbocycles. The lowest BCUT2D eigenvalue weighted by Gasteiger charge is -2.14. The highest BCUT2D eigenvalue weighted by molar-refractivity contribution is 6.05. The van der Waals surface area contributed by atoms with Gasteiger partial charge in [0.05, 0.1) is 18.5 Å². The van der Waals surface area contributed by atoms with Crippen molar-refractivity contribution in [3.63, 3.8) is 0 Å². The number of methoxy groups -OCH3 is 1. The number of benzene rings is 2. The van der Waals surface area contributed by atoms with Crippen molar-refractivity contribution in [2.24, 2.45) is 0 Å². The van der Waals surface area contributed by atoms with Gasteiger partial charge in [-0.05, 0) is 32.0 Å². The number of fused-ring (bicyclic) bond motifs is 1. The van der Waals surface area contributed by atoms with E-state index in [1.54, 1.807) is 62.4 Å². The third kappa shape index (κ3) is 4.40. The normalized spacial score (nSPS) is 10.7. The summed E-state index contributed by atoms with van der Waals surface area (Å²) in [5.74, 6) is -0.332. The van der Waals surface area contributed by atoms with Crippen LogP contribution in [0.3, 0.4) is 0 Å². The van der Waals surface area contributed by atoms with E-state index < -0.39 is 11.8 Å². The summed E-state index contributed by atoms with van der Waals surface area (Å²) in [4.78, 5) is 37.3. The van der Waals surface area contributed by atoms with Gasteiger partial charge in [0.1, 0.15) is 0 Å². The van der Waals surface area contributed by atoms with Gasteiger partial charge in [0.2, 0.25) is 0 Å². The van der Waals surface area contributed by atoms with Crippen molar-refractivity contribution in [1.82, 2.24) is 20.6 Å². The predicted octanol–water partition coefficient (Wildman–Crippen LogP) is 1.83. The summed E-state index contributed by atoms with van der Waals surface area (Å²) in [5.41, 5.74) is 4.35. The summed E-state index contributed by atoms with van der Waals surface area (Å²) >= 11 is 0. The number of hydrazine groups is 1. The van der Waals surface area contributed by atoms with Crippen LogP contribution in [0.4, 0.5) is 0 Å². The highest BCUT2D eigenvalue weighted by atomic mass is 16.5. The second kappa shape index (κ2) is 9.08. The molecule has 156 valence electrons. The number of hydrogen-bond acceptors (Lipinski definition) is 6. The number of nitrogens with zero attached hydrogens (tertiary/aromatic N) is 2. The molecule has 0 saturated carbocycles. The summed E-state index contributed by atoms with van der Waals surface area (Å²) < 4.78 is 11.8. The van der Waals surface area contributed by atoms with Crippen molar-refractivity contribution in [2.75, 3.05) is 13.7 Å². The molecule has 0 unspecified atom stereocenters. The third-order valence-corrected chi connectivity index (χ3v) is 4.28. The predicted molar refractivity (Wildman–Crippen MR) is 110 cm³/mol. The van der Waals surface area contributed by atoms with Gasteiger partial charge in [-0.1, -0.05) is 30.3 Å². The molecular formula is C21H22N4O5. The van der Waals surface area contributed by atoms with Gasteiger partial charge in [-0.15, -0.1) is 0 Å². The zero-order valence-corrected chi connectivity index (χ0v) is 16.8. The van der Waals surface area contributed by atoms with Crippen LogP contribution in [0, 0.1) is 0 Å². The first-order chi connectivity index (χ1) is 14.4. The number of ether oxygens (including phenoxy) is 2. The fourth-order valence-corrected chi connectivity index (χ4v) is 2.83. The van der Waals surface area contributed by atoms with Crippen LogP contribution < -0.4 is 25.9 Å². The van der Waals surface area contributed by atoms with Gasteiger partial charge in [0.25, 0.3) is 17.4 Å². The molecule has 9 heteroatoms. The van der Waals surface area contributed by atoms with Gasteiger partial charge in [-0.2, -0.15) is 5.10 Å². The Balaban J connectivity index is 1.72. The van der Waals surface area contributed by atoms with E-state index in [9.17, 15) is 14.4 Å². The number of aromatic nitrogens is 2. The Morgan fingerprint density at radius 2 is 1.63 bits per heavy atom. The number of amides is 2. The highest BCUT2D eigenvalue weighted by Gasteiger charge is 2.18. The van der Waals surface area contributed by atoms with Gasteiger partial charge in [-0.3, -0.25) is 25.2 Å². The first-order valence-corrected chi connectivity index (χ1v) is 9.29. The Morgan fingerprint density at radius 3 is 2.30 bits per heavy atom. The topological polar surface area (TPSA) is 112 Å². The molecule has 0 saturated heterocycles. The third-order valence-electron chi connectivity index (χ3n) is 4.28. The minimum Gasteiger partial charge on any atom is -0.493 e. The van der Waals surface area contributed by atoms with Crippen LogP contribution in [0.1, 0.15) is 30.4 Å². The van der Waals surface area contributed by atoms with Crippen molar-refractivity contribution in [2.45, 2.75) is 19.9 Å². The number of carbonyl (C=O) groups excluding carboxylic acids is 2. The van der Waals surface area contributed by atoms with Gasteiger partial charge in [-0.25, -0.2) is 4.68 Å². The second-order valence-electron chi connectivity index (χ2n) is 6.68. The van der Waals surface area contributed by atoms with Gasteiger partial charge < -0.3 is 9.47 Å². The van der Waals surface area contributed by atoms with E-state index in [1.165, 1.54) is 11.8 Å². The number of hydrogen-bond donors (Lipinski definition) is 2. The van der Waals surface area contributed by atoms with E-state index in [0.29, 0.717) is 22.3 Å². The van der Waals surface area contributed by atoms with E-state index in [1.807, 2.05) is 0 Å². The van der Waals surface area contributed by atoms with Crippen LogP contribution in [-0.4, -0.2) is 35.3 Å². The SMILES string of the molecule is COc1ccccc1OCC(=O)NNC(=O)c1nn(C(C)C)c(=O)c2ccccc12. The lowest BCUT2D eigenvalue weighted by molar-refractivity contribution is -0.123. The van der Waals surface area contributed by atoms with Crippen LogP contribution in [0.15, 0.2) is 53.3 Å². The molecule has 1 heterocycles. The molecule has 3 aromatic rings. The lowest BCUT2D eigenvalue weighted by atomic mass is 10.1. The molecule has 9 nitrogen and oxygen atoms in total. The van der Waals surface area contributed by atoms with Crippen molar-refractivity contribution >= 4 is 22.6 Å². The lowest BCUT2D eigenvalue weighted by Crippen LogP contribution is -2.44. The fraction of sp³-hybridized carbons (Fsp3) is 0.238. The largest absolute Gasteiger partial charge is 0.493 e. The molecule has 30 heavy (non-hydrogen) atoms. The molecular weight excluding hydrogens is 388 g/mol. The van der Waals surface area contributed by atoms with Crippen molar-refractivity contribution < 1.29 is 19.1 Å². The number of carbonyl (C=O) groups is 2. The Bertz CT molecular complexity index is 1140. The molecule has 0 atom stereocenters. The molecule has 0 aliphatic rings. The fourth-order valence-electron chi connectivity index (χ4n) is 2.83. The van der Waals surface area contributed by atoms with Gasteiger partial charge in [0, 0.05) is 5.39 Å². The second-order valence-corrected chi connectivity index (χ2v) is 6.68. The molecule has 2 amide bonds. The summed E-state index contributed by atoms with van der Waals surface area (Å²) in [5, 5.41) is 4.96. The summed E-state index contributed by atoms with van der Waals surface area (Å²) in [6.45, 7) is 3.25. The summed E-state index contributed by atoms with van der Waals surface area (Å²) in [7, 11) is 1.50. The zero-order chi connectivity index (χ0) is 21.7. The maximum absolute atomic E-state index is 12.7. The first-order valence-electron chi connectivity index (χ1n) is 9.29. The molecule has 0 fully saturated rings. The molecule has 1 aromatic heterocycles. The minimum atomic E-state index is -0.647. The molecule has 2 aromatic carbocycles. The number of rotatable bonds is 6. The van der Waals surface area contributed by atoms with Crippen molar-refractivity contribution in [1.29, 1.82) is 0 Å². The quantitative estimate of drug-likeness (QED) is 0.600. The van der Waals surface area contributed by atoms with Crippen LogP contribution in [0.2, 0.25) is 0 Å². The van der Waals surface area contributed by atoms with E-state index >= 15 is 0 Å². The molecule has 3 rings (SSSR count). The standard InChI is InChI=1S/C21H22N4O5/c1-13(2)25-21(28)15-9-5-4-8-14(15)19(24-25)20(27)23-22-18(26)12-30-17-11-7-6-10-16(17)29-3/h4-11,13H,12H2,1-3H3,(H,22,26)(H,23,27). The van der Waals surface area contributed by atoms with E-state index in [2.05, 4.69) is 16.0 Å². The zero-order valence-electron chi connectivity index (χ0n) is 16.8. The van der Waals surface area contributed by atoms with E-state index in [-0.39, 0.29) is 23.9 Å². The molecule has 0 spiro atoms. The maximum atomic E-state index is 12.7. The molecule has 2 N–H and O–H groups in total. The van der Waals surface area contributed by atoms with Gasteiger partial charge in [0.15, 0.2) is 23.8 Å². The average molecular weight is 410 g/mol. The summed E-state index contributed by atoms with van der Waals surface area (Å²) in [6, 6.07) is 13.3. The Kier molecular flexibility index (Phi) is 6.31. The maximum Gasteiger partial charge on any atom is 0.290 e. The van der Waals surface area contributed by atoms with E-state index in [4.69, 9.17) is 9.47 Å². The van der Waals surface area contributed by atoms with Crippen LogP contribution in [0.5, 0.6) is 11.5 Å². The van der Waals surface area contributed by atoms with Crippen LogP contribution in [-0.2, 0) is 4.79 Å². The molecule has 0 radical (unpaired) electrons. The molecule has 0 bridgehead atoms. The number of para-hydroxylation sites is 2. The Hall–Kier alpha value is -3.88. The van der Waals surface area contributed by atoms with E-state index in [0.717, 1.165) is 0 Å². The monoisotopic (exact) mass is 410 g/mol. The Labute approximate surface area is 172 Å². The smallest absolute Gasteiger partial charge is 0.290 e. The molecule has 0 aliphatic heterocycles. The van der Waals surface area contributed by atoms with Gasteiger partial charge >= 0.3 is 0 Å².